The van der Waals surface area contributed by atoms with Crippen LogP contribution in [0.5, 0.6) is 5.75 Å². The average Bonchev–Trinajstić information content (AvgIpc) is 2.88. The quantitative estimate of drug-likeness (QED) is 0.229. The van der Waals surface area contributed by atoms with Crippen LogP contribution in [0.15, 0.2) is 109 Å². The van der Waals surface area contributed by atoms with E-state index in [0.29, 0.717) is 5.56 Å². The first-order valence-electron chi connectivity index (χ1n) is 10.5. The predicted octanol–water partition coefficient (Wildman–Crippen LogP) is 6.55. The molecule has 0 amide bonds. The lowest BCUT2D eigenvalue weighted by atomic mass is 9.84. The van der Waals surface area contributed by atoms with Gasteiger partial charge in [-0.2, -0.15) is 0 Å². The van der Waals surface area contributed by atoms with Crippen LogP contribution in [0.4, 0.5) is 0 Å². The first kappa shape index (κ1) is 22.6. The molecule has 0 aromatic heterocycles. The van der Waals surface area contributed by atoms with Crippen molar-refractivity contribution in [2.24, 2.45) is 0 Å². The second kappa shape index (κ2) is 10.4. The monoisotopic (exact) mass is 456 g/mol. The minimum atomic E-state index is -0.966. The molecule has 4 nitrogen and oxygen atoms in total. The second-order valence-corrected chi connectivity index (χ2v) is 8.46. The van der Waals surface area contributed by atoms with Crippen molar-refractivity contribution in [3.05, 3.63) is 137 Å². The van der Waals surface area contributed by atoms with Gasteiger partial charge in [-0.15, -0.1) is 0 Å². The minimum Gasteiger partial charge on any atom is -0.497 e. The fourth-order valence-electron chi connectivity index (χ4n) is 3.85. The van der Waals surface area contributed by atoms with Crippen molar-refractivity contribution in [1.82, 2.24) is 0 Å². The molecule has 0 saturated carbocycles. The number of benzene rings is 4. The highest BCUT2D eigenvalue weighted by molar-refractivity contribution is 7.96. The Kier molecular flexibility index (Phi) is 7.13. The van der Waals surface area contributed by atoms with E-state index in [1.807, 2.05) is 66.7 Å². The van der Waals surface area contributed by atoms with Crippen molar-refractivity contribution in [3.63, 3.8) is 0 Å². The molecule has 0 fully saturated rings. The van der Waals surface area contributed by atoms with Crippen LogP contribution in [0.3, 0.4) is 0 Å². The van der Waals surface area contributed by atoms with Gasteiger partial charge in [0.05, 0.1) is 19.3 Å². The summed E-state index contributed by atoms with van der Waals surface area (Å²) < 4.78 is 10.9. The molecule has 0 aliphatic rings. The van der Waals surface area contributed by atoms with Gasteiger partial charge in [-0.05, 0) is 40.5 Å². The molecular formula is C28H24O4S. The molecule has 0 spiro atoms. The number of aromatic carboxylic acids is 1. The first-order valence-corrected chi connectivity index (χ1v) is 11.3. The number of carboxylic acid groups (broad SMARTS) is 1. The van der Waals surface area contributed by atoms with E-state index in [9.17, 15) is 9.90 Å². The molecule has 0 aliphatic carbocycles. The van der Waals surface area contributed by atoms with Crippen LogP contribution in [0, 0.1) is 0 Å². The Hall–Kier alpha value is -3.54. The van der Waals surface area contributed by atoms with Crippen LogP contribution in [0.2, 0.25) is 0 Å². The van der Waals surface area contributed by atoms with Gasteiger partial charge in [-0.25, -0.2) is 4.79 Å². The molecule has 0 bridgehead atoms. The highest BCUT2D eigenvalue weighted by Crippen LogP contribution is 2.49. The van der Waals surface area contributed by atoms with E-state index in [4.69, 9.17) is 8.92 Å². The summed E-state index contributed by atoms with van der Waals surface area (Å²) in [5, 5.41) is 9.53. The molecule has 4 aromatic rings. The summed E-state index contributed by atoms with van der Waals surface area (Å²) in [7, 11) is 1.65. The number of rotatable bonds is 9. The number of carbonyl (C=O) groups is 1. The average molecular weight is 457 g/mol. The molecule has 4 aromatic carbocycles. The summed E-state index contributed by atoms with van der Waals surface area (Å²) in [6, 6.07) is 35.2. The molecule has 0 aliphatic heterocycles. The predicted molar refractivity (Wildman–Crippen MR) is 132 cm³/mol. The zero-order chi connectivity index (χ0) is 23.1. The highest BCUT2D eigenvalue weighted by Gasteiger charge is 2.38. The maximum atomic E-state index is 11.6. The Labute approximate surface area is 198 Å². The molecule has 1 N–H and O–H groups in total. The van der Waals surface area contributed by atoms with Gasteiger partial charge in [0, 0.05) is 12.0 Å². The Morgan fingerprint density at radius 2 is 1.27 bits per heavy atom. The molecular weight excluding hydrogens is 432 g/mol. The van der Waals surface area contributed by atoms with Crippen LogP contribution < -0.4 is 4.74 Å². The van der Waals surface area contributed by atoms with Crippen LogP contribution in [-0.2, 0) is 15.5 Å². The van der Waals surface area contributed by atoms with Gasteiger partial charge >= 0.3 is 5.97 Å². The maximum absolute atomic E-state index is 11.6. The van der Waals surface area contributed by atoms with Crippen LogP contribution >= 0.6 is 12.0 Å². The molecule has 0 heterocycles. The summed E-state index contributed by atoms with van der Waals surface area (Å²) in [4.78, 5) is 11.6. The summed E-state index contributed by atoms with van der Waals surface area (Å²) in [6.45, 7) is 0.157. The number of methoxy groups -OCH3 is 1. The van der Waals surface area contributed by atoms with Crippen LogP contribution in [0.25, 0.3) is 0 Å². The largest absolute Gasteiger partial charge is 0.497 e. The van der Waals surface area contributed by atoms with E-state index >= 15 is 0 Å². The van der Waals surface area contributed by atoms with Crippen molar-refractivity contribution in [3.8, 4) is 5.75 Å². The zero-order valence-corrected chi connectivity index (χ0v) is 19.0. The molecule has 4 rings (SSSR count). The van der Waals surface area contributed by atoms with E-state index in [1.165, 1.54) is 12.0 Å². The van der Waals surface area contributed by atoms with Crippen molar-refractivity contribution in [1.29, 1.82) is 0 Å². The summed E-state index contributed by atoms with van der Waals surface area (Å²) in [6.07, 6.45) is 0. The lowest BCUT2D eigenvalue weighted by Gasteiger charge is -2.34. The molecule has 0 atom stereocenters. The standard InChI is InChI=1S/C28H24O4S/c1-31-25-18-16-24(17-19-25)28(22-11-4-2-5-12-22,23-13-6-3-7-14-23)33-32-20-21-10-8-9-15-26(21)27(29)30/h2-19H,20H2,1H3,(H,29,30). The Balaban J connectivity index is 1.79. The third kappa shape index (κ3) is 4.80. The molecule has 0 radical (unpaired) electrons. The fourth-order valence-corrected chi connectivity index (χ4v) is 4.91. The van der Waals surface area contributed by atoms with Crippen LogP contribution in [-0.4, -0.2) is 18.2 Å². The summed E-state index contributed by atoms with van der Waals surface area (Å²) >= 11 is 1.32. The molecule has 166 valence electrons. The second-order valence-electron chi connectivity index (χ2n) is 7.45. The van der Waals surface area contributed by atoms with Crippen molar-refractivity contribution >= 4 is 18.0 Å². The first-order chi connectivity index (χ1) is 16.1. The third-order valence-corrected chi connectivity index (χ3v) is 6.70. The van der Waals surface area contributed by atoms with Gasteiger partial charge in [0.25, 0.3) is 0 Å². The maximum Gasteiger partial charge on any atom is 0.336 e. The number of hydrogen-bond acceptors (Lipinski definition) is 4. The smallest absolute Gasteiger partial charge is 0.336 e. The van der Waals surface area contributed by atoms with E-state index < -0.39 is 10.7 Å². The number of ether oxygens (including phenoxy) is 1. The Bertz CT molecular complexity index is 1150. The van der Waals surface area contributed by atoms with Crippen molar-refractivity contribution < 1.29 is 18.8 Å². The van der Waals surface area contributed by atoms with Gasteiger partial charge < -0.3 is 14.0 Å². The fraction of sp³-hybridized carbons (Fsp3) is 0.107. The van der Waals surface area contributed by atoms with E-state index in [-0.39, 0.29) is 12.2 Å². The zero-order valence-electron chi connectivity index (χ0n) is 18.2. The lowest BCUT2D eigenvalue weighted by molar-refractivity contribution is 0.0694. The molecule has 0 saturated heterocycles. The normalized spacial score (nSPS) is 11.2. The van der Waals surface area contributed by atoms with E-state index in [1.54, 1.807) is 25.3 Å². The highest BCUT2D eigenvalue weighted by atomic mass is 32.2. The molecule has 5 heteroatoms. The van der Waals surface area contributed by atoms with Crippen molar-refractivity contribution in [2.75, 3.05) is 7.11 Å². The van der Waals surface area contributed by atoms with Gasteiger partial charge in [-0.3, -0.25) is 0 Å². The minimum absolute atomic E-state index is 0.157. The summed E-state index contributed by atoms with van der Waals surface area (Å²) in [5.41, 5.74) is 4.00. The van der Waals surface area contributed by atoms with Gasteiger partial charge in [0.15, 0.2) is 0 Å². The van der Waals surface area contributed by atoms with Gasteiger partial charge in [0.2, 0.25) is 0 Å². The Morgan fingerprint density at radius 3 is 1.82 bits per heavy atom. The number of hydrogen-bond donors (Lipinski definition) is 1. The molecule has 0 unspecified atom stereocenters. The van der Waals surface area contributed by atoms with Gasteiger partial charge in [-0.1, -0.05) is 91.0 Å². The van der Waals surface area contributed by atoms with E-state index in [0.717, 1.165) is 22.4 Å². The summed E-state index contributed by atoms with van der Waals surface area (Å²) in [5.74, 6) is -0.193. The number of carboxylic acids is 1. The van der Waals surface area contributed by atoms with Crippen LogP contribution in [0.1, 0.15) is 32.6 Å². The third-order valence-electron chi connectivity index (χ3n) is 5.50. The SMILES string of the molecule is COc1ccc(C(SOCc2ccccc2C(=O)O)(c2ccccc2)c2ccccc2)cc1. The Morgan fingerprint density at radius 1 is 0.758 bits per heavy atom. The van der Waals surface area contributed by atoms with Gasteiger partial charge in [0.1, 0.15) is 10.5 Å². The lowest BCUT2D eigenvalue weighted by Crippen LogP contribution is -2.26. The van der Waals surface area contributed by atoms with E-state index in [2.05, 4.69) is 24.3 Å². The molecule has 33 heavy (non-hydrogen) atoms. The van der Waals surface area contributed by atoms with Crippen molar-refractivity contribution in [2.45, 2.75) is 11.4 Å². The topological polar surface area (TPSA) is 55.8 Å².